The number of rotatable bonds is 13. The first kappa shape index (κ1) is 34.2. The summed E-state index contributed by atoms with van der Waals surface area (Å²) in [5.41, 5.74) is -0.0426. The zero-order chi connectivity index (χ0) is 31.3. The molecule has 1 aliphatic rings. The zero-order valence-electron chi connectivity index (χ0n) is 23.7. The molecule has 0 spiro atoms. The summed E-state index contributed by atoms with van der Waals surface area (Å²) in [7, 11) is 1.50. The maximum atomic E-state index is 13.2. The van der Waals surface area contributed by atoms with Gasteiger partial charge in [0.05, 0.1) is 24.9 Å². The van der Waals surface area contributed by atoms with Crippen LogP contribution in [-0.4, -0.2) is 79.3 Å². The number of aliphatic carboxylic acids is 1. The molecule has 5 rings (SSSR count). The molecule has 3 N–H and O–H groups in total. The number of aromatic nitrogens is 1. The van der Waals surface area contributed by atoms with E-state index in [2.05, 4.69) is 15.6 Å². The number of ether oxygens (including phenoxy) is 3. The van der Waals surface area contributed by atoms with Crippen LogP contribution in [-0.2, 0) is 14.4 Å². The molecular weight excluding hydrogens is 633 g/mol. The molecule has 0 saturated heterocycles. The molecule has 1 saturated carbocycles. The van der Waals surface area contributed by atoms with Crippen molar-refractivity contribution in [3.63, 3.8) is 0 Å². The van der Waals surface area contributed by atoms with Gasteiger partial charge >= 0.3 is 43.7 Å². The number of carboxylic acids is 1. The number of hydrogen-bond acceptors (Lipinski definition) is 7. The van der Waals surface area contributed by atoms with Crippen LogP contribution >= 0.6 is 11.6 Å². The van der Waals surface area contributed by atoms with E-state index in [1.54, 1.807) is 42.6 Å². The summed E-state index contributed by atoms with van der Waals surface area (Å²) in [6, 6.07) is 15.3. The summed E-state index contributed by atoms with van der Waals surface area (Å²) >= 11 is 6.66. The number of carbonyl (C=O) groups is 3. The molecule has 0 atom stereocenters. The summed E-state index contributed by atoms with van der Waals surface area (Å²) in [6.45, 7) is 0.314. The Balaban J connectivity index is 0.00000461. The first-order valence-corrected chi connectivity index (χ1v) is 14.2. The number of carboxylic acid groups (broad SMARTS) is 1. The molecule has 0 unspecified atom stereocenters. The second kappa shape index (κ2) is 15.1. The average Bonchev–Trinajstić information content (AvgIpc) is 3.82. The van der Waals surface area contributed by atoms with E-state index in [0.717, 1.165) is 0 Å². The van der Waals surface area contributed by atoms with E-state index in [1.807, 2.05) is 0 Å². The Kier molecular flexibility index (Phi) is 11.5. The Morgan fingerprint density at radius 3 is 2.38 bits per heavy atom. The molecule has 4 aromatic rings. The van der Waals surface area contributed by atoms with Gasteiger partial charge in [0.25, 0.3) is 0 Å². The quantitative estimate of drug-likeness (QED) is 0.0914. The molecule has 0 radical (unpaired) electrons. The summed E-state index contributed by atoms with van der Waals surface area (Å²) < 4.78 is 30.7. The van der Waals surface area contributed by atoms with E-state index in [4.69, 9.17) is 30.9 Å². The fourth-order valence-electron chi connectivity index (χ4n) is 4.56. The Labute approximate surface area is 293 Å². The molecule has 0 bridgehead atoms. The summed E-state index contributed by atoms with van der Waals surface area (Å²) in [6.07, 6.45) is 3.41. The minimum atomic E-state index is -1.26. The number of nitrogens with one attached hydrogen (secondary N) is 2. The molecule has 10 nitrogen and oxygen atoms in total. The zero-order valence-corrected chi connectivity index (χ0v) is 24.4. The maximum absolute atomic E-state index is 13.2. The van der Waals surface area contributed by atoms with Gasteiger partial charge in [0.15, 0.2) is 11.5 Å². The van der Waals surface area contributed by atoms with Crippen molar-refractivity contribution in [1.29, 1.82) is 0 Å². The molecule has 3 aromatic carbocycles. The van der Waals surface area contributed by atoms with Crippen molar-refractivity contribution in [2.45, 2.75) is 32.1 Å². The molecule has 45 heavy (non-hydrogen) atoms. The monoisotopic (exact) mass is 663 g/mol. The fraction of sp³-hybridized carbons (Fsp3) is 0.250. The molecule has 1 heterocycles. The number of anilines is 2. The summed E-state index contributed by atoms with van der Waals surface area (Å²) in [4.78, 5) is 41.3. The van der Waals surface area contributed by atoms with Gasteiger partial charge in [0, 0.05) is 29.8 Å². The third-order valence-electron chi connectivity index (χ3n) is 7.18. The Morgan fingerprint density at radius 2 is 1.69 bits per heavy atom. The second-order valence-corrected chi connectivity index (χ2v) is 10.6. The normalized spacial score (nSPS) is 12.9. The number of carbonyl (C=O) groups excluding carboxylic acids is 2. The molecular formula is C32H31CaClFN3O7. The van der Waals surface area contributed by atoms with E-state index < -0.39 is 29.0 Å². The van der Waals surface area contributed by atoms with Crippen LogP contribution in [0.25, 0.3) is 10.9 Å². The van der Waals surface area contributed by atoms with Crippen LogP contribution in [0.1, 0.15) is 32.1 Å². The standard InChI is InChI=1S/C32H29ClFN3O7.Ca.2H/c1-42-26-17-21-23(18-27(26)43-16-3-2-7-28(38)39)35-15-12-24(21)44-25-6-4-5-22(29(25)33)37-31(41)32(13-14-32)30(40)36-20-10-8-19(34)9-11-20;;;/h4-6,8-12,15,17-18H,2-3,7,13-14,16H2,1H3,(H,36,40)(H,37,41)(H,38,39);;;. The number of fused-ring (bicyclic) bond motifs is 1. The Hall–Kier alpha value is -3.64. The van der Waals surface area contributed by atoms with Gasteiger partial charge in [-0.15, -0.1) is 0 Å². The molecule has 13 heteroatoms. The predicted molar refractivity (Wildman–Crippen MR) is 171 cm³/mol. The van der Waals surface area contributed by atoms with Gasteiger partial charge in [-0.3, -0.25) is 19.4 Å². The van der Waals surface area contributed by atoms with Crippen LogP contribution in [0, 0.1) is 11.2 Å². The van der Waals surface area contributed by atoms with Crippen LogP contribution < -0.4 is 24.8 Å². The van der Waals surface area contributed by atoms with E-state index in [9.17, 15) is 18.8 Å². The summed E-state index contributed by atoms with van der Waals surface area (Å²) in [5, 5.41) is 15.0. The number of methoxy groups -OCH3 is 1. The van der Waals surface area contributed by atoms with Crippen molar-refractivity contribution >= 4 is 89.4 Å². The number of nitrogens with zero attached hydrogens (tertiary/aromatic N) is 1. The van der Waals surface area contributed by atoms with Gasteiger partial charge in [0.2, 0.25) is 11.8 Å². The van der Waals surface area contributed by atoms with Crippen molar-refractivity contribution in [3.8, 4) is 23.0 Å². The Bertz CT molecular complexity index is 1720. The van der Waals surface area contributed by atoms with Crippen molar-refractivity contribution in [2.24, 2.45) is 5.41 Å². The molecule has 232 valence electrons. The average molecular weight is 664 g/mol. The number of unbranched alkanes of at least 4 members (excludes halogenated alkanes) is 1. The number of benzene rings is 3. The third-order valence-corrected chi connectivity index (χ3v) is 7.57. The van der Waals surface area contributed by atoms with Gasteiger partial charge in [-0.1, -0.05) is 17.7 Å². The summed E-state index contributed by atoms with van der Waals surface area (Å²) in [5.74, 6) is -0.695. The van der Waals surface area contributed by atoms with E-state index in [0.29, 0.717) is 66.1 Å². The molecule has 1 fully saturated rings. The van der Waals surface area contributed by atoms with Crippen molar-refractivity contribution in [1.82, 2.24) is 4.98 Å². The molecule has 1 aliphatic carbocycles. The van der Waals surface area contributed by atoms with Crippen molar-refractivity contribution in [3.05, 3.63) is 77.7 Å². The van der Waals surface area contributed by atoms with Crippen LogP contribution in [0.4, 0.5) is 15.8 Å². The van der Waals surface area contributed by atoms with Gasteiger partial charge in [-0.2, -0.15) is 0 Å². The predicted octanol–water partition coefficient (Wildman–Crippen LogP) is 5.90. The molecule has 1 aromatic heterocycles. The number of pyridine rings is 1. The first-order chi connectivity index (χ1) is 21.2. The molecule has 0 aliphatic heterocycles. The van der Waals surface area contributed by atoms with Gasteiger partial charge < -0.3 is 30.0 Å². The van der Waals surface area contributed by atoms with Gasteiger partial charge in [0.1, 0.15) is 27.8 Å². The number of hydrogen-bond donors (Lipinski definition) is 3. The van der Waals surface area contributed by atoms with Gasteiger partial charge in [-0.05, 0) is 74.2 Å². The van der Waals surface area contributed by atoms with Crippen LogP contribution in [0.15, 0.2) is 66.9 Å². The Morgan fingerprint density at radius 1 is 0.956 bits per heavy atom. The molecule has 2 amide bonds. The second-order valence-electron chi connectivity index (χ2n) is 10.2. The van der Waals surface area contributed by atoms with E-state index in [-0.39, 0.29) is 60.6 Å². The van der Waals surface area contributed by atoms with Crippen LogP contribution in [0.2, 0.25) is 5.02 Å². The van der Waals surface area contributed by atoms with Crippen LogP contribution in [0.5, 0.6) is 23.0 Å². The topological polar surface area (TPSA) is 136 Å². The first-order valence-electron chi connectivity index (χ1n) is 13.9. The number of amides is 2. The van der Waals surface area contributed by atoms with Crippen molar-refractivity contribution in [2.75, 3.05) is 24.4 Å². The minimum absolute atomic E-state index is 0. The number of halogens is 2. The van der Waals surface area contributed by atoms with Gasteiger partial charge in [-0.25, -0.2) is 4.39 Å². The van der Waals surface area contributed by atoms with Crippen molar-refractivity contribution < 1.29 is 38.1 Å². The fourth-order valence-corrected chi connectivity index (χ4v) is 4.77. The SMILES string of the molecule is COc1cc2c(Oc3cccc(NC(=O)C4(C(=O)Nc5ccc(F)cc5)CC4)c3Cl)ccnc2cc1OCCCCC(=O)O.[CaH2]. The van der Waals surface area contributed by atoms with E-state index >= 15 is 0 Å². The third kappa shape index (κ3) is 8.15. The van der Waals surface area contributed by atoms with Crippen LogP contribution in [0.3, 0.4) is 0 Å². The van der Waals surface area contributed by atoms with E-state index in [1.165, 1.54) is 31.4 Å².